The molecule has 1 aliphatic heterocycles. The summed E-state index contributed by atoms with van der Waals surface area (Å²) >= 11 is 0. The Morgan fingerprint density at radius 1 is 1.23 bits per heavy atom. The summed E-state index contributed by atoms with van der Waals surface area (Å²) in [5, 5.41) is 2.76. The van der Waals surface area contributed by atoms with Crippen molar-refractivity contribution in [2.24, 2.45) is 0 Å². The standard InChI is InChI=1S/C20H24N4O2/c1-3-9-22-20(25)17-15-16(8-10-21-17)23-11-13-24(14-12-23)18-6-4-5-7-19(18)26-2/h3-8,10,15H,1,9,11-14H2,2H3,(H,22,25). The average Bonchev–Trinajstić information content (AvgIpc) is 2.72. The van der Waals surface area contributed by atoms with Crippen molar-refractivity contribution in [3.05, 3.63) is 60.9 Å². The van der Waals surface area contributed by atoms with E-state index in [-0.39, 0.29) is 5.91 Å². The van der Waals surface area contributed by atoms with Crippen molar-refractivity contribution in [2.45, 2.75) is 0 Å². The van der Waals surface area contributed by atoms with Gasteiger partial charge in [-0.25, -0.2) is 0 Å². The van der Waals surface area contributed by atoms with Crippen LogP contribution < -0.4 is 19.9 Å². The monoisotopic (exact) mass is 352 g/mol. The Labute approximate surface area is 154 Å². The molecule has 0 saturated carbocycles. The van der Waals surface area contributed by atoms with Gasteiger partial charge in [0.1, 0.15) is 11.4 Å². The van der Waals surface area contributed by atoms with Crippen molar-refractivity contribution in [3.8, 4) is 5.75 Å². The quantitative estimate of drug-likeness (QED) is 0.809. The van der Waals surface area contributed by atoms with E-state index in [0.717, 1.165) is 43.3 Å². The lowest BCUT2D eigenvalue weighted by molar-refractivity contribution is 0.0953. The summed E-state index contributed by atoms with van der Waals surface area (Å²) < 4.78 is 5.47. The molecule has 136 valence electrons. The number of anilines is 2. The number of para-hydroxylation sites is 2. The maximum atomic E-state index is 12.1. The van der Waals surface area contributed by atoms with Gasteiger partial charge in [-0.15, -0.1) is 6.58 Å². The van der Waals surface area contributed by atoms with E-state index < -0.39 is 0 Å². The normalized spacial score (nSPS) is 14.0. The van der Waals surface area contributed by atoms with Gasteiger partial charge in [-0.05, 0) is 24.3 Å². The van der Waals surface area contributed by atoms with Crippen LogP contribution >= 0.6 is 0 Å². The molecule has 0 radical (unpaired) electrons. The number of rotatable bonds is 6. The van der Waals surface area contributed by atoms with Crippen molar-refractivity contribution in [3.63, 3.8) is 0 Å². The SMILES string of the molecule is C=CCNC(=O)c1cc(N2CCN(c3ccccc3OC)CC2)ccn1. The molecule has 1 aromatic heterocycles. The summed E-state index contributed by atoms with van der Waals surface area (Å²) in [7, 11) is 1.70. The first-order chi connectivity index (χ1) is 12.7. The van der Waals surface area contributed by atoms with Crippen molar-refractivity contribution >= 4 is 17.3 Å². The molecule has 1 N–H and O–H groups in total. The van der Waals surface area contributed by atoms with Crippen LogP contribution in [0.25, 0.3) is 0 Å². The molecule has 1 fully saturated rings. The van der Waals surface area contributed by atoms with Crippen LogP contribution in [0.4, 0.5) is 11.4 Å². The zero-order valence-electron chi connectivity index (χ0n) is 15.0. The maximum Gasteiger partial charge on any atom is 0.270 e. The number of hydrogen-bond acceptors (Lipinski definition) is 5. The molecule has 0 spiro atoms. The summed E-state index contributed by atoms with van der Waals surface area (Å²) in [5.41, 5.74) is 2.56. The Morgan fingerprint density at radius 2 is 1.96 bits per heavy atom. The number of ether oxygens (including phenoxy) is 1. The fraction of sp³-hybridized carbons (Fsp3) is 0.300. The summed E-state index contributed by atoms with van der Waals surface area (Å²) in [5.74, 6) is 0.713. The number of carbonyl (C=O) groups excluding carboxylic acids is 1. The summed E-state index contributed by atoms with van der Waals surface area (Å²) in [6.07, 6.45) is 3.34. The van der Waals surface area contributed by atoms with E-state index in [1.54, 1.807) is 19.4 Å². The Hall–Kier alpha value is -3.02. The summed E-state index contributed by atoms with van der Waals surface area (Å²) in [4.78, 5) is 20.9. The van der Waals surface area contributed by atoms with Gasteiger partial charge in [0.25, 0.3) is 5.91 Å². The lowest BCUT2D eigenvalue weighted by Crippen LogP contribution is -2.46. The minimum absolute atomic E-state index is 0.181. The van der Waals surface area contributed by atoms with E-state index in [1.165, 1.54) is 0 Å². The molecule has 1 saturated heterocycles. The molecule has 6 nitrogen and oxygen atoms in total. The highest BCUT2D eigenvalue weighted by atomic mass is 16.5. The van der Waals surface area contributed by atoms with Crippen LogP contribution in [0.2, 0.25) is 0 Å². The maximum absolute atomic E-state index is 12.1. The highest BCUT2D eigenvalue weighted by Crippen LogP contribution is 2.29. The fourth-order valence-corrected chi connectivity index (χ4v) is 3.09. The van der Waals surface area contributed by atoms with Gasteiger partial charge in [-0.3, -0.25) is 9.78 Å². The van der Waals surface area contributed by atoms with Crippen LogP contribution in [0.5, 0.6) is 5.75 Å². The van der Waals surface area contributed by atoms with Crippen LogP contribution in [0.15, 0.2) is 55.3 Å². The summed E-state index contributed by atoms with van der Waals surface area (Å²) in [6, 6.07) is 11.9. The Balaban J connectivity index is 1.66. The van der Waals surface area contributed by atoms with Gasteiger partial charge in [0.05, 0.1) is 12.8 Å². The number of piperazine rings is 1. The van der Waals surface area contributed by atoms with Gasteiger partial charge in [-0.1, -0.05) is 18.2 Å². The predicted octanol–water partition coefficient (Wildman–Crippen LogP) is 2.33. The number of aromatic nitrogens is 1. The van der Waals surface area contributed by atoms with Gasteiger partial charge < -0.3 is 19.9 Å². The molecule has 2 aromatic rings. The first-order valence-corrected chi connectivity index (χ1v) is 8.71. The van der Waals surface area contributed by atoms with Crippen LogP contribution in [0.1, 0.15) is 10.5 Å². The Bertz CT molecular complexity index is 770. The molecule has 0 atom stereocenters. The number of methoxy groups -OCH3 is 1. The first-order valence-electron chi connectivity index (χ1n) is 8.71. The first kappa shape index (κ1) is 17.8. The van der Waals surface area contributed by atoms with Gasteiger partial charge in [-0.2, -0.15) is 0 Å². The second kappa shape index (κ2) is 8.38. The molecule has 26 heavy (non-hydrogen) atoms. The second-order valence-electron chi connectivity index (χ2n) is 6.04. The van der Waals surface area contributed by atoms with Gasteiger partial charge >= 0.3 is 0 Å². The van der Waals surface area contributed by atoms with Gasteiger partial charge in [0, 0.05) is 44.6 Å². The van der Waals surface area contributed by atoms with Crippen LogP contribution in [0.3, 0.4) is 0 Å². The van der Waals surface area contributed by atoms with Crippen molar-refractivity contribution in [2.75, 3.05) is 49.6 Å². The molecule has 0 bridgehead atoms. The van der Waals surface area contributed by atoms with Crippen LogP contribution in [-0.2, 0) is 0 Å². The number of benzene rings is 1. The lowest BCUT2D eigenvalue weighted by Gasteiger charge is -2.37. The van der Waals surface area contributed by atoms with Gasteiger partial charge in [0.2, 0.25) is 0 Å². The average molecular weight is 352 g/mol. The molecular formula is C20H24N4O2. The highest BCUT2D eigenvalue weighted by Gasteiger charge is 2.20. The number of amides is 1. The minimum Gasteiger partial charge on any atom is -0.495 e. The fourth-order valence-electron chi connectivity index (χ4n) is 3.09. The Kier molecular flexibility index (Phi) is 5.73. The third-order valence-electron chi connectivity index (χ3n) is 4.45. The zero-order valence-corrected chi connectivity index (χ0v) is 15.0. The molecule has 6 heteroatoms. The largest absolute Gasteiger partial charge is 0.495 e. The summed E-state index contributed by atoms with van der Waals surface area (Å²) in [6.45, 7) is 7.56. The molecule has 1 aromatic carbocycles. The third-order valence-corrected chi connectivity index (χ3v) is 4.45. The lowest BCUT2D eigenvalue weighted by atomic mass is 10.2. The van der Waals surface area contributed by atoms with E-state index in [1.807, 2.05) is 30.3 Å². The molecule has 0 aliphatic carbocycles. The topological polar surface area (TPSA) is 57.7 Å². The van der Waals surface area contributed by atoms with E-state index >= 15 is 0 Å². The molecular weight excluding hydrogens is 328 g/mol. The molecule has 1 aliphatic rings. The number of pyridine rings is 1. The second-order valence-corrected chi connectivity index (χ2v) is 6.04. The highest BCUT2D eigenvalue weighted by molar-refractivity contribution is 5.93. The molecule has 1 amide bonds. The predicted molar refractivity (Wildman–Crippen MR) is 104 cm³/mol. The van der Waals surface area contributed by atoms with Crippen molar-refractivity contribution in [1.82, 2.24) is 10.3 Å². The smallest absolute Gasteiger partial charge is 0.270 e. The van der Waals surface area contributed by atoms with E-state index in [0.29, 0.717) is 12.2 Å². The Morgan fingerprint density at radius 3 is 2.69 bits per heavy atom. The van der Waals surface area contributed by atoms with E-state index in [2.05, 4.69) is 32.7 Å². The minimum atomic E-state index is -0.181. The van der Waals surface area contributed by atoms with E-state index in [9.17, 15) is 4.79 Å². The van der Waals surface area contributed by atoms with Crippen LogP contribution in [-0.4, -0.2) is 50.7 Å². The number of nitrogens with one attached hydrogen (secondary N) is 1. The number of nitrogens with zero attached hydrogens (tertiary/aromatic N) is 3. The zero-order chi connectivity index (χ0) is 18.4. The molecule has 3 rings (SSSR count). The molecule has 2 heterocycles. The van der Waals surface area contributed by atoms with Crippen molar-refractivity contribution in [1.29, 1.82) is 0 Å². The van der Waals surface area contributed by atoms with Gasteiger partial charge in [0.15, 0.2) is 0 Å². The van der Waals surface area contributed by atoms with Crippen molar-refractivity contribution < 1.29 is 9.53 Å². The van der Waals surface area contributed by atoms with E-state index in [4.69, 9.17) is 4.74 Å². The molecule has 0 unspecified atom stereocenters. The number of carbonyl (C=O) groups is 1. The third kappa shape index (κ3) is 3.96. The van der Waals surface area contributed by atoms with Crippen LogP contribution in [0, 0.1) is 0 Å². The number of hydrogen-bond donors (Lipinski definition) is 1.